The minimum Gasteiger partial charge on any atom is -0.453 e. The largest absolute Gasteiger partial charge is 0.453 e. The smallest absolute Gasteiger partial charge is 0.411 e. The molecule has 0 spiro atoms. The van der Waals surface area contributed by atoms with E-state index >= 15 is 0 Å². The molecule has 5 rings (SSSR count). The highest BCUT2D eigenvalue weighted by Crippen LogP contribution is 2.33. The SMILES string of the molecule is COC(=O)Nc1ccc(-c2cnc(CN(C3CC3)C3CCN(C(=O)c4ccccc4)CC3)cn2)cc1. The van der Waals surface area contributed by atoms with E-state index in [1.165, 1.54) is 20.0 Å². The third-order valence-corrected chi connectivity index (χ3v) is 6.92. The second-order valence-electron chi connectivity index (χ2n) is 9.38. The first-order valence-corrected chi connectivity index (χ1v) is 12.5. The fraction of sp³-hybridized carbons (Fsp3) is 0.357. The van der Waals surface area contributed by atoms with Crippen LogP contribution in [0.3, 0.4) is 0 Å². The third-order valence-electron chi connectivity index (χ3n) is 6.92. The lowest BCUT2D eigenvalue weighted by Gasteiger charge is -2.38. The molecule has 1 saturated heterocycles. The van der Waals surface area contributed by atoms with Crippen LogP contribution in [0.4, 0.5) is 10.5 Å². The maximum absolute atomic E-state index is 12.8. The van der Waals surface area contributed by atoms with Gasteiger partial charge in [-0.15, -0.1) is 0 Å². The van der Waals surface area contributed by atoms with E-state index < -0.39 is 6.09 Å². The summed E-state index contributed by atoms with van der Waals surface area (Å²) < 4.78 is 4.62. The molecule has 8 heteroatoms. The number of nitrogens with zero attached hydrogens (tertiary/aromatic N) is 4. The lowest BCUT2D eigenvalue weighted by molar-refractivity contribution is 0.0592. The first kappa shape index (κ1) is 23.9. The van der Waals surface area contributed by atoms with E-state index in [1.807, 2.05) is 71.9 Å². The fourth-order valence-corrected chi connectivity index (χ4v) is 4.79. The molecule has 1 aliphatic heterocycles. The number of ether oxygens (including phenoxy) is 1. The van der Waals surface area contributed by atoms with E-state index in [9.17, 15) is 9.59 Å². The Morgan fingerprint density at radius 3 is 2.25 bits per heavy atom. The summed E-state index contributed by atoms with van der Waals surface area (Å²) in [6.07, 6.45) is 7.57. The van der Waals surface area contributed by atoms with Crippen molar-refractivity contribution in [3.8, 4) is 11.3 Å². The molecule has 1 aliphatic carbocycles. The number of nitrogens with one attached hydrogen (secondary N) is 1. The number of benzene rings is 2. The quantitative estimate of drug-likeness (QED) is 0.527. The zero-order valence-electron chi connectivity index (χ0n) is 20.5. The van der Waals surface area contributed by atoms with Crippen LogP contribution >= 0.6 is 0 Å². The molecule has 186 valence electrons. The number of hydrogen-bond acceptors (Lipinski definition) is 6. The molecule has 0 atom stereocenters. The van der Waals surface area contributed by atoms with Gasteiger partial charge in [-0.3, -0.25) is 25.0 Å². The predicted molar refractivity (Wildman–Crippen MR) is 137 cm³/mol. The number of likely N-dealkylation sites (tertiary alicyclic amines) is 1. The van der Waals surface area contributed by atoms with Crippen molar-refractivity contribution in [2.45, 2.75) is 44.3 Å². The number of anilines is 1. The van der Waals surface area contributed by atoms with Gasteiger partial charge in [0.2, 0.25) is 0 Å². The van der Waals surface area contributed by atoms with Gasteiger partial charge in [-0.05, 0) is 49.9 Å². The summed E-state index contributed by atoms with van der Waals surface area (Å²) in [6.45, 7) is 2.34. The molecule has 2 aliphatic rings. The zero-order chi connectivity index (χ0) is 24.9. The molecule has 2 aromatic carbocycles. The Bertz CT molecular complexity index is 1170. The minimum atomic E-state index is -0.499. The molecule has 0 unspecified atom stereocenters. The lowest BCUT2D eigenvalue weighted by atomic mass is 10.0. The monoisotopic (exact) mass is 485 g/mol. The van der Waals surface area contributed by atoms with E-state index in [-0.39, 0.29) is 5.91 Å². The molecule has 36 heavy (non-hydrogen) atoms. The van der Waals surface area contributed by atoms with Gasteiger partial charge in [0.05, 0.1) is 30.9 Å². The maximum Gasteiger partial charge on any atom is 0.411 e. The second kappa shape index (κ2) is 10.9. The van der Waals surface area contributed by atoms with E-state index in [2.05, 4.69) is 19.9 Å². The summed E-state index contributed by atoms with van der Waals surface area (Å²) in [6, 6.07) is 18.0. The highest BCUT2D eigenvalue weighted by Gasteiger charge is 2.36. The molecule has 8 nitrogen and oxygen atoms in total. The van der Waals surface area contributed by atoms with Crippen LogP contribution in [0.15, 0.2) is 67.0 Å². The standard InChI is InChI=1S/C28H31N5O3/c1-36-28(35)31-22-9-7-20(8-10-22)26-18-29-23(17-30-26)19-33(24-11-12-24)25-13-15-32(16-14-25)27(34)21-5-3-2-4-6-21/h2-10,17-18,24-25H,11-16,19H2,1H3,(H,31,35). The third kappa shape index (κ3) is 5.71. The highest BCUT2D eigenvalue weighted by atomic mass is 16.5. The average Bonchev–Trinajstić information content (AvgIpc) is 3.78. The Labute approximate surface area is 211 Å². The number of methoxy groups -OCH3 is 1. The van der Waals surface area contributed by atoms with Gasteiger partial charge in [-0.25, -0.2) is 4.79 Å². The van der Waals surface area contributed by atoms with Crippen LogP contribution in [0.2, 0.25) is 0 Å². The second-order valence-corrected chi connectivity index (χ2v) is 9.38. The van der Waals surface area contributed by atoms with Crippen molar-refractivity contribution in [2.75, 3.05) is 25.5 Å². The Hall–Kier alpha value is -3.78. The van der Waals surface area contributed by atoms with Crippen LogP contribution in [0, 0.1) is 0 Å². The summed E-state index contributed by atoms with van der Waals surface area (Å²) >= 11 is 0. The molecule has 2 heterocycles. The van der Waals surface area contributed by atoms with Crippen LogP contribution in [-0.2, 0) is 11.3 Å². The van der Waals surface area contributed by atoms with Crippen molar-refractivity contribution in [2.24, 2.45) is 0 Å². The van der Waals surface area contributed by atoms with Gasteiger partial charge in [0.1, 0.15) is 0 Å². The first-order chi connectivity index (χ1) is 17.6. The molecule has 0 bridgehead atoms. The molecular formula is C28H31N5O3. The van der Waals surface area contributed by atoms with Gasteiger partial charge in [0, 0.05) is 48.5 Å². The van der Waals surface area contributed by atoms with Gasteiger partial charge in [0.25, 0.3) is 5.91 Å². The maximum atomic E-state index is 12.8. The molecule has 3 aromatic rings. The Balaban J connectivity index is 1.19. The summed E-state index contributed by atoms with van der Waals surface area (Å²) in [7, 11) is 1.33. The molecule has 1 saturated carbocycles. The summed E-state index contributed by atoms with van der Waals surface area (Å²) in [4.78, 5) is 38.1. The van der Waals surface area contributed by atoms with Crippen molar-refractivity contribution in [3.63, 3.8) is 0 Å². The predicted octanol–water partition coefficient (Wildman–Crippen LogP) is 4.59. The van der Waals surface area contributed by atoms with E-state index in [0.717, 1.165) is 55.0 Å². The van der Waals surface area contributed by atoms with Crippen LogP contribution in [0.1, 0.15) is 41.7 Å². The van der Waals surface area contributed by atoms with E-state index in [1.54, 1.807) is 0 Å². The number of carbonyl (C=O) groups is 2. The molecule has 2 fully saturated rings. The van der Waals surface area contributed by atoms with Crippen molar-refractivity contribution in [3.05, 3.63) is 78.2 Å². The molecule has 2 amide bonds. The molecule has 1 aromatic heterocycles. The number of aromatic nitrogens is 2. The Morgan fingerprint density at radius 1 is 0.944 bits per heavy atom. The van der Waals surface area contributed by atoms with Crippen molar-refractivity contribution in [1.29, 1.82) is 0 Å². The Morgan fingerprint density at radius 2 is 1.64 bits per heavy atom. The number of carbonyl (C=O) groups excluding carboxylic acids is 2. The summed E-state index contributed by atoms with van der Waals surface area (Å²) in [5, 5.41) is 2.64. The van der Waals surface area contributed by atoms with Crippen molar-refractivity contribution < 1.29 is 14.3 Å². The van der Waals surface area contributed by atoms with Gasteiger partial charge in [-0.1, -0.05) is 30.3 Å². The average molecular weight is 486 g/mol. The highest BCUT2D eigenvalue weighted by molar-refractivity contribution is 5.94. The number of rotatable bonds is 7. The van der Waals surface area contributed by atoms with E-state index in [0.29, 0.717) is 17.8 Å². The zero-order valence-corrected chi connectivity index (χ0v) is 20.5. The number of amides is 2. The van der Waals surface area contributed by atoms with Crippen LogP contribution in [-0.4, -0.2) is 64.1 Å². The van der Waals surface area contributed by atoms with Crippen LogP contribution in [0.5, 0.6) is 0 Å². The van der Waals surface area contributed by atoms with Crippen LogP contribution < -0.4 is 5.32 Å². The fourth-order valence-electron chi connectivity index (χ4n) is 4.79. The summed E-state index contributed by atoms with van der Waals surface area (Å²) in [5.41, 5.74) is 4.09. The van der Waals surface area contributed by atoms with Crippen LogP contribution in [0.25, 0.3) is 11.3 Å². The Kier molecular flexibility index (Phi) is 7.23. The first-order valence-electron chi connectivity index (χ1n) is 12.5. The minimum absolute atomic E-state index is 0.127. The van der Waals surface area contributed by atoms with E-state index in [4.69, 9.17) is 4.98 Å². The molecule has 0 radical (unpaired) electrons. The molecule has 1 N–H and O–H groups in total. The topological polar surface area (TPSA) is 87.7 Å². The number of piperidine rings is 1. The van der Waals surface area contributed by atoms with Crippen molar-refractivity contribution in [1.82, 2.24) is 19.8 Å². The van der Waals surface area contributed by atoms with Gasteiger partial charge in [0.15, 0.2) is 0 Å². The van der Waals surface area contributed by atoms with Gasteiger partial charge in [-0.2, -0.15) is 0 Å². The van der Waals surface area contributed by atoms with Gasteiger partial charge >= 0.3 is 6.09 Å². The molecular weight excluding hydrogens is 454 g/mol. The van der Waals surface area contributed by atoms with Crippen molar-refractivity contribution >= 4 is 17.7 Å². The number of hydrogen-bond donors (Lipinski definition) is 1. The summed E-state index contributed by atoms with van der Waals surface area (Å²) in [5.74, 6) is 0.127. The normalized spacial score (nSPS) is 16.1. The lowest BCUT2D eigenvalue weighted by Crippen LogP contribution is -2.47. The van der Waals surface area contributed by atoms with Gasteiger partial charge < -0.3 is 9.64 Å².